The first kappa shape index (κ1) is 21.7. The first-order valence-corrected chi connectivity index (χ1v) is 11.6. The van der Waals surface area contributed by atoms with Crippen molar-refractivity contribution in [1.29, 1.82) is 0 Å². The number of aryl methyl sites for hydroxylation is 2. The summed E-state index contributed by atoms with van der Waals surface area (Å²) in [6, 6.07) is 18.6. The molecule has 0 aliphatic carbocycles. The van der Waals surface area contributed by atoms with E-state index in [9.17, 15) is 13.2 Å². The zero-order valence-electron chi connectivity index (χ0n) is 17.9. The average molecular weight is 453 g/mol. The minimum Gasteiger partial charge on any atom is -0.486 e. The van der Waals surface area contributed by atoms with Gasteiger partial charge in [0.05, 0.1) is 10.6 Å². The molecule has 0 atom stereocenters. The Labute approximate surface area is 187 Å². The van der Waals surface area contributed by atoms with Crippen molar-refractivity contribution in [1.82, 2.24) is 0 Å². The molecule has 0 bridgehead atoms. The summed E-state index contributed by atoms with van der Waals surface area (Å²) in [4.78, 5) is 13.0. The summed E-state index contributed by atoms with van der Waals surface area (Å²) in [6.07, 6.45) is 0. The van der Waals surface area contributed by atoms with Crippen molar-refractivity contribution in [2.75, 3.05) is 29.4 Å². The van der Waals surface area contributed by atoms with Gasteiger partial charge in [0.15, 0.2) is 11.5 Å². The van der Waals surface area contributed by atoms with Gasteiger partial charge in [-0.25, -0.2) is 8.42 Å². The Morgan fingerprint density at radius 2 is 1.66 bits per heavy atom. The van der Waals surface area contributed by atoms with E-state index >= 15 is 0 Å². The van der Waals surface area contributed by atoms with Crippen LogP contribution in [0.25, 0.3) is 0 Å². The normalized spacial score (nSPS) is 12.8. The number of carbonyl (C=O) groups is 1. The fourth-order valence-corrected chi connectivity index (χ4v) is 5.06. The van der Waals surface area contributed by atoms with Crippen LogP contribution in [0, 0.1) is 13.8 Å². The molecular weight excluding hydrogens is 428 g/mol. The van der Waals surface area contributed by atoms with Crippen molar-refractivity contribution in [3.05, 3.63) is 77.9 Å². The van der Waals surface area contributed by atoms with Crippen LogP contribution in [0.2, 0.25) is 0 Å². The third kappa shape index (κ3) is 4.55. The number of nitrogens with one attached hydrogen (secondary N) is 1. The maximum Gasteiger partial charge on any atom is 0.264 e. The molecule has 1 heterocycles. The third-order valence-corrected chi connectivity index (χ3v) is 6.84. The van der Waals surface area contributed by atoms with Crippen molar-refractivity contribution in [2.45, 2.75) is 18.7 Å². The molecule has 3 aromatic rings. The minimum absolute atomic E-state index is 0.118. The first-order chi connectivity index (χ1) is 15.3. The Kier molecular flexibility index (Phi) is 6.05. The van der Waals surface area contributed by atoms with Gasteiger partial charge in [0, 0.05) is 11.8 Å². The zero-order valence-corrected chi connectivity index (χ0v) is 18.7. The molecule has 0 spiro atoms. The molecule has 8 heteroatoms. The van der Waals surface area contributed by atoms with Crippen LogP contribution in [0.3, 0.4) is 0 Å². The Morgan fingerprint density at radius 3 is 2.38 bits per heavy atom. The lowest BCUT2D eigenvalue weighted by atomic mass is 10.1. The highest BCUT2D eigenvalue weighted by molar-refractivity contribution is 7.92. The molecule has 32 heavy (non-hydrogen) atoms. The van der Waals surface area contributed by atoms with Crippen molar-refractivity contribution in [3.8, 4) is 11.5 Å². The van der Waals surface area contributed by atoms with Crippen molar-refractivity contribution < 1.29 is 22.7 Å². The number of fused-ring (bicyclic) bond motifs is 1. The van der Waals surface area contributed by atoms with Crippen LogP contribution in [0.1, 0.15) is 11.1 Å². The maximum atomic E-state index is 13.5. The number of hydrogen-bond donors (Lipinski definition) is 1. The zero-order chi connectivity index (χ0) is 22.7. The second-order valence-corrected chi connectivity index (χ2v) is 9.38. The highest BCUT2D eigenvalue weighted by atomic mass is 32.2. The Morgan fingerprint density at radius 1 is 0.938 bits per heavy atom. The number of carbonyl (C=O) groups excluding carboxylic acids is 1. The molecule has 7 nitrogen and oxygen atoms in total. The number of rotatable bonds is 6. The maximum absolute atomic E-state index is 13.5. The number of nitrogens with zero attached hydrogens (tertiary/aromatic N) is 1. The van der Waals surface area contributed by atoms with Gasteiger partial charge < -0.3 is 14.8 Å². The molecule has 0 fully saturated rings. The Hall–Kier alpha value is -3.52. The van der Waals surface area contributed by atoms with E-state index in [2.05, 4.69) is 5.32 Å². The number of ether oxygens (including phenoxy) is 2. The summed E-state index contributed by atoms with van der Waals surface area (Å²) in [5.74, 6) is 0.677. The van der Waals surface area contributed by atoms with Crippen molar-refractivity contribution in [3.63, 3.8) is 0 Å². The lowest BCUT2D eigenvalue weighted by molar-refractivity contribution is -0.114. The number of benzene rings is 3. The van der Waals surface area contributed by atoms with Crippen molar-refractivity contribution >= 4 is 27.3 Å². The number of sulfonamides is 1. The highest BCUT2D eigenvalue weighted by Gasteiger charge is 2.28. The molecule has 0 saturated carbocycles. The Bertz CT molecular complexity index is 1240. The van der Waals surface area contributed by atoms with E-state index in [0.717, 1.165) is 15.4 Å². The molecule has 1 amide bonds. The number of anilines is 2. The predicted octanol–water partition coefficient (Wildman–Crippen LogP) is 3.91. The number of hydrogen-bond acceptors (Lipinski definition) is 5. The molecule has 166 valence electrons. The average Bonchev–Trinajstić information content (AvgIpc) is 2.78. The van der Waals surface area contributed by atoms with Crippen LogP contribution in [-0.4, -0.2) is 34.1 Å². The largest absolute Gasteiger partial charge is 0.486 e. The smallest absolute Gasteiger partial charge is 0.264 e. The second-order valence-electron chi connectivity index (χ2n) is 7.52. The molecule has 1 N–H and O–H groups in total. The van der Waals surface area contributed by atoms with Gasteiger partial charge in [0.1, 0.15) is 19.8 Å². The molecular formula is C24H24N2O5S. The van der Waals surface area contributed by atoms with Gasteiger partial charge in [-0.15, -0.1) is 0 Å². The summed E-state index contributed by atoms with van der Waals surface area (Å²) in [5.41, 5.74) is 2.72. The van der Waals surface area contributed by atoms with Gasteiger partial charge in [-0.2, -0.15) is 0 Å². The van der Waals surface area contributed by atoms with E-state index in [-0.39, 0.29) is 11.4 Å². The molecule has 3 aromatic carbocycles. The van der Waals surface area contributed by atoms with Crippen molar-refractivity contribution in [2.24, 2.45) is 0 Å². The van der Waals surface area contributed by atoms with Crippen LogP contribution in [0.4, 0.5) is 11.4 Å². The lowest BCUT2D eigenvalue weighted by Gasteiger charge is -2.26. The van der Waals surface area contributed by atoms with E-state index in [4.69, 9.17) is 9.47 Å². The van der Waals surface area contributed by atoms with E-state index in [1.807, 2.05) is 26.0 Å². The molecule has 4 rings (SSSR count). The SMILES string of the molecule is Cc1ccc(N(CC(=O)Nc2ccc3c(c2)OCCO3)S(=O)(=O)c2ccccc2)c(C)c1. The molecule has 0 unspecified atom stereocenters. The molecule has 0 radical (unpaired) electrons. The summed E-state index contributed by atoms with van der Waals surface area (Å²) < 4.78 is 39.1. The molecule has 0 saturated heterocycles. The standard InChI is InChI=1S/C24H24N2O5S/c1-17-8-10-21(18(2)14-17)26(32(28,29)20-6-4-3-5-7-20)16-24(27)25-19-9-11-22-23(15-19)31-13-12-30-22/h3-11,14-15H,12-13,16H2,1-2H3,(H,25,27). The van der Waals surface area contributed by atoms with E-state index < -0.39 is 15.9 Å². The molecule has 1 aliphatic heterocycles. The van der Waals surface area contributed by atoms with Crippen LogP contribution in [0.5, 0.6) is 11.5 Å². The summed E-state index contributed by atoms with van der Waals surface area (Å²) in [7, 11) is -3.96. The highest BCUT2D eigenvalue weighted by Crippen LogP contribution is 2.33. The van der Waals surface area contributed by atoms with Gasteiger partial charge in [0.25, 0.3) is 10.0 Å². The summed E-state index contributed by atoms with van der Waals surface area (Å²) >= 11 is 0. The predicted molar refractivity (Wildman–Crippen MR) is 123 cm³/mol. The van der Waals surface area contributed by atoms with Gasteiger partial charge >= 0.3 is 0 Å². The fraction of sp³-hybridized carbons (Fsp3) is 0.208. The quantitative estimate of drug-likeness (QED) is 0.613. The van der Waals surface area contributed by atoms with Crippen LogP contribution >= 0.6 is 0 Å². The monoisotopic (exact) mass is 452 g/mol. The van der Waals surface area contributed by atoms with Gasteiger partial charge in [-0.3, -0.25) is 9.10 Å². The molecule has 1 aliphatic rings. The lowest BCUT2D eigenvalue weighted by Crippen LogP contribution is -2.38. The number of amides is 1. The topological polar surface area (TPSA) is 84.9 Å². The van der Waals surface area contributed by atoms with E-state index in [0.29, 0.717) is 36.1 Å². The van der Waals surface area contributed by atoms with Gasteiger partial charge in [0.2, 0.25) is 5.91 Å². The fourth-order valence-electron chi connectivity index (χ4n) is 3.56. The summed E-state index contributed by atoms with van der Waals surface area (Å²) in [5, 5.41) is 2.77. The minimum atomic E-state index is -3.96. The van der Waals surface area contributed by atoms with E-state index in [1.165, 1.54) is 12.1 Å². The summed E-state index contributed by atoms with van der Waals surface area (Å²) in [6.45, 7) is 4.28. The first-order valence-electron chi connectivity index (χ1n) is 10.2. The van der Waals surface area contributed by atoms with E-state index in [1.54, 1.807) is 42.5 Å². The second kappa shape index (κ2) is 8.92. The van der Waals surface area contributed by atoms with Crippen LogP contribution in [0.15, 0.2) is 71.6 Å². The van der Waals surface area contributed by atoms with Gasteiger partial charge in [-0.1, -0.05) is 35.9 Å². The van der Waals surface area contributed by atoms with Gasteiger partial charge in [-0.05, 0) is 49.7 Å². The van der Waals surface area contributed by atoms with Crippen LogP contribution < -0.4 is 19.1 Å². The van der Waals surface area contributed by atoms with Crippen LogP contribution in [-0.2, 0) is 14.8 Å². The Balaban J connectivity index is 1.64. The third-order valence-electron chi connectivity index (χ3n) is 5.07. The molecule has 0 aromatic heterocycles.